The molecule has 3 aromatic rings. The minimum Gasteiger partial charge on any atom is -0.326 e. The monoisotopic (exact) mass is 697 g/mol. The second kappa shape index (κ2) is 11.6. The van der Waals surface area contributed by atoms with Gasteiger partial charge in [0.15, 0.2) is 0 Å². The van der Waals surface area contributed by atoms with E-state index in [4.69, 9.17) is 58.0 Å². The van der Waals surface area contributed by atoms with Crippen molar-refractivity contribution in [1.82, 2.24) is 0 Å². The van der Waals surface area contributed by atoms with Crippen LogP contribution in [-0.2, 0) is 9.59 Å². The number of alkyl halides is 5. The Morgan fingerprint density at radius 1 is 0.786 bits per heavy atom. The first-order valence-corrected chi connectivity index (χ1v) is 13.1. The first-order chi connectivity index (χ1) is 19.4. The van der Waals surface area contributed by atoms with Crippen LogP contribution in [0.15, 0.2) is 42.5 Å². The Morgan fingerprint density at radius 3 is 2.00 bits per heavy atom. The Morgan fingerprint density at radius 2 is 1.40 bits per heavy atom. The van der Waals surface area contributed by atoms with Crippen LogP contribution in [0.2, 0.25) is 15.1 Å². The molecule has 6 nitrogen and oxygen atoms in total. The van der Waals surface area contributed by atoms with E-state index in [0.717, 1.165) is 12.1 Å². The number of halogens is 11. The number of amides is 3. The molecular weight excluding hydrogens is 682 g/mol. The molecule has 1 fully saturated rings. The summed E-state index contributed by atoms with van der Waals surface area (Å²) in [5.74, 6) is -10.7. The molecule has 0 saturated heterocycles. The van der Waals surface area contributed by atoms with Crippen molar-refractivity contribution in [2.24, 2.45) is 5.92 Å². The summed E-state index contributed by atoms with van der Waals surface area (Å²) in [6.07, 6.45) is -5.39. The van der Waals surface area contributed by atoms with Crippen LogP contribution < -0.4 is 16.0 Å². The normalized spacial score (nSPS) is 17.4. The fourth-order valence-electron chi connectivity index (χ4n) is 3.94. The smallest absolute Gasteiger partial charge is 0.326 e. The van der Waals surface area contributed by atoms with Crippen molar-refractivity contribution in [2.75, 3.05) is 16.0 Å². The molecule has 42 heavy (non-hydrogen) atoms. The van der Waals surface area contributed by atoms with Gasteiger partial charge in [0.05, 0.1) is 37.9 Å². The minimum atomic E-state index is -5.39. The topological polar surface area (TPSA) is 87.3 Å². The van der Waals surface area contributed by atoms with Gasteiger partial charge in [0.2, 0.25) is 5.91 Å². The number of hydrogen-bond donors (Lipinski definition) is 3. The third-order valence-corrected chi connectivity index (χ3v) is 8.05. The van der Waals surface area contributed by atoms with Crippen LogP contribution in [0.3, 0.4) is 0 Å². The predicted molar refractivity (Wildman–Crippen MR) is 153 cm³/mol. The molecule has 17 heteroatoms. The van der Waals surface area contributed by atoms with E-state index < -0.39 is 79.5 Å². The first kappa shape index (κ1) is 32.0. The van der Waals surface area contributed by atoms with Gasteiger partial charge in [-0.2, -0.15) is 13.2 Å². The second-order valence-corrected chi connectivity index (χ2v) is 11.5. The van der Waals surface area contributed by atoms with Gasteiger partial charge >= 0.3 is 12.1 Å². The molecule has 1 saturated carbocycles. The van der Waals surface area contributed by atoms with Gasteiger partial charge in [-0.1, -0.05) is 40.9 Å². The van der Waals surface area contributed by atoms with E-state index in [0.29, 0.717) is 11.6 Å². The van der Waals surface area contributed by atoms with Crippen LogP contribution in [0.25, 0.3) is 0 Å². The molecule has 2 atom stereocenters. The number of carbonyl (C=O) groups is 3. The van der Waals surface area contributed by atoms with Gasteiger partial charge in [0.1, 0.15) is 21.8 Å². The zero-order chi connectivity index (χ0) is 31.3. The van der Waals surface area contributed by atoms with Crippen molar-refractivity contribution in [1.29, 1.82) is 0 Å². The van der Waals surface area contributed by atoms with E-state index >= 15 is 0 Å². The quantitative estimate of drug-likeness (QED) is 0.177. The lowest BCUT2D eigenvalue weighted by atomic mass is 10.1. The Hall–Kier alpha value is -2.90. The van der Waals surface area contributed by atoms with Crippen LogP contribution in [0, 0.1) is 23.4 Å². The Balaban J connectivity index is 0.00000337. The molecule has 4 rings (SSSR count). The standard InChI is InChI=1S/C25H12Cl5F6N3O3.3H2/c26-11-2-1-8(3-12(11)27)18-19(24(18,29)30)22(41)37-9-4-10(20(28)15(33)5-9)21(40)38-16-7-17(14(32)6-13(16)31)39-23(42)25(34,35)36;;;/h1-7,18-19H,(H,37,41)(H,38,40)(H,39,42);3*1H/t18-,19+;;;/m0.../s1. The summed E-state index contributed by atoms with van der Waals surface area (Å²) in [6.45, 7) is 0. The van der Waals surface area contributed by atoms with Crippen LogP contribution in [0.5, 0.6) is 0 Å². The number of carbonyl (C=O) groups excluding carboxylic acids is 3. The van der Waals surface area contributed by atoms with Crippen LogP contribution in [0.4, 0.5) is 43.4 Å². The third kappa shape index (κ3) is 6.52. The average molecular weight is 700 g/mol. The highest BCUT2D eigenvalue weighted by Crippen LogP contribution is 2.65. The van der Waals surface area contributed by atoms with Crippen LogP contribution in [0.1, 0.15) is 26.1 Å². The second-order valence-electron chi connectivity index (χ2n) is 8.83. The lowest BCUT2D eigenvalue weighted by Gasteiger charge is -2.14. The van der Waals surface area contributed by atoms with E-state index in [1.54, 1.807) is 6.07 Å². The molecule has 0 spiro atoms. The molecule has 0 heterocycles. The summed E-state index contributed by atoms with van der Waals surface area (Å²) in [4.78, 5) is 37.0. The zero-order valence-electron chi connectivity index (χ0n) is 20.1. The van der Waals surface area contributed by atoms with E-state index in [9.17, 15) is 40.7 Å². The molecule has 0 bridgehead atoms. The van der Waals surface area contributed by atoms with Gasteiger partial charge in [-0.15, -0.1) is 23.2 Å². The highest BCUT2D eigenvalue weighted by atomic mass is 35.5. The summed E-state index contributed by atoms with van der Waals surface area (Å²) in [5, 5.41) is 5.12. The van der Waals surface area contributed by atoms with Crippen molar-refractivity contribution >= 4 is 92.8 Å². The van der Waals surface area contributed by atoms with Crippen molar-refractivity contribution in [3.05, 3.63) is 86.1 Å². The van der Waals surface area contributed by atoms with Gasteiger partial charge in [-0.25, -0.2) is 13.2 Å². The number of rotatable bonds is 6. The summed E-state index contributed by atoms with van der Waals surface area (Å²) < 4.78 is 78.9. The van der Waals surface area contributed by atoms with Gasteiger partial charge in [0, 0.05) is 22.0 Å². The summed E-state index contributed by atoms with van der Waals surface area (Å²) >= 11 is 30.4. The van der Waals surface area contributed by atoms with E-state index in [1.165, 1.54) is 17.4 Å². The fraction of sp³-hybridized carbons (Fsp3) is 0.160. The molecule has 0 aliphatic heterocycles. The molecule has 0 aromatic heterocycles. The van der Waals surface area contributed by atoms with Crippen molar-refractivity contribution < 1.29 is 45.0 Å². The molecule has 3 aromatic carbocycles. The lowest BCUT2D eigenvalue weighted by Crippen LogP contribution is -2.30. The number of anilines is 3. The summed E-state index contributed by atoms with van der Waals surface area (Å²) in [5.41, 5.74) is -2.46. The van der Waals surface area contributed by atoms with Crippen molar-refractivity contribution in [3.8, 4) is 0 Å². The van der Waals surface area contributed by atoms with Crippen LogP contribution in [-0.4, -0.2) is 28.2 Å². The minimum absolute atomic E-state index is 0. The lowest BCUT2D eigenvalue weighted by molar-refractivity contribution is -0.167. The highest BCUT2D eigenvalue weighted by molar-refractivity contribution is 6.53. The summed E-state index contributed by atoms with van der Waals surface area (Å²) in [6, 6.07) is 6.66. The van der Waals surface area contributed by atoms with E-state index in [2.05, 4.69) is 5.32 Å². The van der Waals surface area contributed by atoms with E-state index in [1.807, 2.05) is 5.32 Å². The van der Waals surface area contributed by atoms with Gasteiger partial charge in [0.25, 0.3) is 5.91 Å². The number of benzene rings is 3. The molecule has 0 unspecified atom stereocenters. The SMILES string of the molecule is O=C(Nc1cc(NC(=O)C(F)(F)F)c(F)cc1F)c1cc(NC(=O)[C@H]2[C@H](c3ccc(Cl)c(Cl)c3)C2(Cl)Cl)cc(F)c1Cl.[HH].[HH].[HH]. The maximum Gasteiger partial charge on any atom is 0.471 e. The fourth-order valence-corrected chi connectivity index (χ4v) is 5.27. The molecule has 1 aliphatic rings. The molecule has 0 radical (unpaired) electrons. The predicted octanol–water partition coefficient (Wildman–Crippen LogP) is 9.08. The average Bonchev–Trinajstić information content (AvgIpc) is 3.46. The van der Waals surface area contributed by atoms with Gasteiger partial charge in [-0.3, -0.25) is 14.4 Å². The van der Waals surface area contributed by atoms with Crippen molar-refractivity contribution in [2.45, 2.75) is 16.4 Å². The van der Waals surface area contributed by atoms with Gasteiger partial charge < -0.3 is 16.0 Å². The Bertz CT molecular complexity index is 1650. The Kier molecular flexibility index (Phi) is 8.88. The third-order valence-electron chi connectivity index (χ3n) is 5.99. The van der Waals surface area contributed by atoms with Crippen LogP contribution >= 0.6 is 58.0 Å². The zero-order valence-corrected chi connectivity index (χ0v) is 23.9. The molecular formula is C25H18Cl5F6N3O3. The Labute approximate surface area is 261 Å². The first-order valence-electron chi connectivity index (χ1n) is 11.2. The molecule has 3 N–H and O–H groups in total. The maximum atomic E-state index is 14.6. The van der Waals surface area contributed by atoms with Gasteiger partial charge in [-0.05, 0) is 35.9 Å². The highest BCUT2D eigenvalue weighted by Gasteiger charge is 2.67. The maximum absolute atomic E-state index is 14.6. The molecule has 1 aliphatic carbocycles. The molecule has 228 valence electrons. The largest absolute Gasteiger partial charge is 0.471 e. The van der Waals surface area contributed by atoms with Crippen molar-refractivity contribution in [3.63, 3.8) is 0 Å². The number of nitrogens with one attached hydrogen (secondary N) is 3. The van der Waals surface area contributed by atoms with E-state index in [-0.39, 0.29) is 26.1 Å². The molecule has 3 amide bonds. The number of hydrogen-bond acceptors (Lipinski definition) is 3. The summed E-state index contributed by atoms with van der Waals surface area (Å²) in [7, 11) is 0.